The number of likely N-dealkylation sites (N-methyl/N-ethyl adjacent to an activating group) is 1. The molecule has 0 rings (SSSR count). The van der Waals surface area contributed by atoms with Gasteiger partial charge in [-0.1, -0.05) is 20.8 Å². The molecule has 0 aliphatic carbocycles. The minimum Gasteiger partial charge on any atom is -0.444 e. The number of carbonyl (C=O) groups is 1. The van der Waals surface area contributed by atoms with E-state index in [1.807, 2.05) is 27.8 Å². The van der Waals surface area contributed by atoms with Crippen molar-refractivity contribution in [3.05, 3.63) is 0 Å². The summed E-state index contributed by atoms with van der Waals surface area (Å²) in [6, 6.07) is 0.349. The Morgan fingerprint density at radius 3 is 2.12 bits per heavy atom. The average Bonchev–Trinajstić information content (AvgIpc) is 2.14. The van der Waals surface area contributed by atoms with Crippen LogP contribution in [0.3, 0.4) is 0 Å². The first-order valence-corrected chi connectivity index (χ1v) is 6.38. The predicted octanol–water partition coefficient (Wildman–Crippen LogP) is 2.53. The minimum absolute atomic E-state index is 0.0832. The van der Waals surface area contributed by atoms with Gasteiger partial charge in [-0.15, -0.1) is 0 Å². The van der Waals surface area contributed by atoms with Crippen molar-refractivity contribution in [1.82, 2.24) is 10.6 Å². The summed E-state index contributed by atoms with van der Waals surface area (Å²) in [5.74, 6) is 0.361. The van der Waals surface area contributed by atoms with E-state index in [0.29, 0.717) is 5.92 Å². The molecular formula is C13H28N2O2. The second kappa shape index (κ2) is 6.84. The molecule has 0 saturated carbocycles. The van der Waals surface area contributed by atoms with E-state index in [1.54, 1.807) is 0 Å². The van der Waals surface area contributed by atoms with Crippen LogP contribution in [0, 0.1) is 5.92 Å². The van der Waals surface area contributed by atoms with Crippen LogP contribution in [0.1, 0.15) is 48.0 Å². The topological polar surface area (TPSA) is 50.4 Å². The Balaban J connectivity index is 4.50. The van der Waals surface area contributed by atoms with E-state index in [-0.39, 0.29) is 18.2 Å². The molecule has 0 fully saturated rings. The van der Waals surface area contributed by atoms with E-state index in [0.717, 1.165) is 6.42 Å². The average molecular weight is 244 g/mol. The van der Waals surface area contributed by atoms with Crippen LogP contribution in [-0.4, -0.2) is 30.8 Å². The number of alkyl carbamates (subject to hydrolysis) is 1. The first kappa shape index (κ1) is 16.2. The van der Waals surface area contributed by atoms with Crippen molar-refractivity contribution in [1.29, 1.82) is 0 Å². The fourth-order valence-corrected chi connectivity index (χ4v) is 1.81. The molecule has 0 bridgehead atoms. The van der Waals surface area contributed by atoms with Crippen molar-refractivity contribution in [3.8, 4) is 0 Å². The fourth-order valence-electron chi connectivity index (χ4n) is 1.81. The SMILES string of the molecule is CC[C@H](NC)[C@H](NC(=O)OC(C)(C)C)C(C)C. The quantitative estimate of drug-likeness (QED) is 0.781. The van der Waals surface area contributed by atoms with Gasteiger partial charge in [-0.2, -0.15) is 0 Å². The van der Waals surface area contributed by atoms with E-state index in [4.69, 9.17) is 4.74 Å². The summed E-state index contributed by atoms with van der Waals surface area (Å²) < 4.78 is 5.28. The highest BCUT2D eigenvalue weighted by atomic mass is 16.6. The number of amides is 1. The first-order chi connectivity index (χ1) is 7.71. The summed E-state index contributed by atoms with van der Waals surface area (Å²) in [7, 11) is 1.92. The molecule has 2 atom stereocenters. The van der Waals surface area contributed by atoms with Gasteiger partial charge in [-0.25, -0.2) is 4.79 Å². The molecule has 0 heterocycles. The zero-order valence-electron chi connectivity index (χ0n) is 12.3. The van der Waals surface area contributed by atoms with Gasteiger partial charge in [-0.3, -0.25) is 0 Å². The molecule has 0 aliphatic rings. The molecule has 0 spiro atoms. The molecule has 4 nitrogen and oxygen atoms in total. The number of ether oxygens (including phenoxy) is 1. The van der Waals surface area contributed by atoms with Gasteiger partial charge < -0.3 is 15.4 Å². The number of nitrogens with one attached hydrogen (secondary N) is 2. The molecule has 0 aromatic heterocycles. The number of rotatable bonds is 5. The van der Waals surface area contributed by atoms with Gasteiger partial charge in [0.15, 0.2) is 0 Å². The van der Waals surface area contributed by atoms with E-state index >= 15 is 0 Å². The summed E-state index contributed by atoms with van der Waals surface area (Å²) in [5.41, 5.74) is -0.451. The molecule has 0 aliphatic heterocycles. The normalized spacial score (nSPS) is 15.5. The molecule has 1 amide bonds. The summed E-state index contributed by atoms with van der Waals surface area (Å²) in [4.78, 5) is 11.7. The van der Waals surface area contributed by atoms with Gasteiger partial charge in [-0.05, 0) is 40.2 Å². The van der Waals surface area contributed by atoms with Crippen molar-refractivity contribution in [2.75, 3.05) is 7.05 Å². The summed E-state index contributed by atoms with van der Waals surface area (Å²) >= 11 is 0. The standard InChI is InChI=1S/C13H28N2O2/c1-8-10(14-7)11(9(2)3)15-12(16)17-13(4,5)6/h9-11,14H,8H2,1-7H3,(H,15,16)/t10-,11+/m0/s1. The Kier molecular flexibility index (Phi) is 6.53. The third kappa shape index (κ3) is 6.51. The monoisotopic (exact) mass is 244 g/mol. The van der Waals surface area contributed by atoms with Crippen LogP contribution in [0.2, 0.25) is 0 Å². The Labute approximate surface area is 105 Å². The molecule has 0 radical (unpaired) electrons. The van der Waals surface area contributed by atoms with Crippen LogP contribution in [0.4, 0.5) is 4.79 Å². The van der Waals surface area contributed by atoms with Crippen LogP contribution < -0.4 is 10.6 Å². The largest absolute Gasteiger partial charge is 0.444 e. The van der Waals surface area contributed by atoms with Crippen molar-refractivity contribution >= 4 is 6.09 Å². The lowest BCUT2D eigenvalue weighted by Gasteiger charge is -2.31. The highest BCUT2D eigenvalue weighted by Gasteiger charge is 2.26. The third-order valence-corrected chi connectivity index (χ3v) is 2.65. The predicted molar refractivity (Wildman–Crippen MR) is 71.1 cm³/mol. The summed E-state index contributed by atoms with van der Waals surface area (Å²) in [6.07, 6.45) is 0.625. The van der Waals surface area contributed by atoms with Gasteiger partial charge in [0.2, 0.25) is 0 Å². The third-order valence-electron chi connectivity index (χ3n) is 2.65. The maximum absolute atomic E-state index is 11.7. The number of hydrogen-bond acceptors (Lipinski definition) is 3. The molecule has 0 aromatic carbocycles. The Bertz CT molecular complexity index is 230. The lowest BCUT2D eigenvalue weighted by Crippen LogP contribution is -2.52. The first-order valence-electron chi connectivity index (χ1n) is 6.38. The Morgan fingerprint density at radius 1 is 1.29 bits per heavy atom. The van der Waals surface area contributed by atoms with Gasteiger partial charge in [0, 0.05) is 12.1 Å². The molecular weight excluding hydrogens is 216 g/mol. The van der Waals surface area contributed by atoms with Crippen LogP contribution in [0.15, 0.2) is 0 Å². The Hall–Kier alpha value is -0.770. The Morgan fingerprint density at radius 2 is 1.82 bits per heavy atom. The molecule has 102 valence electrons. The molecule has 0 saturated heterocycles. The van der Waals surface area contributed by atoms with E-state index in [2.05, 4.69) is 31.4 Å². The highest BCUT2D eigenvalue weighted by molar-refractivity contribution is 5.68. The molecule has 0 aromatic rings. The summed E-state index contributed by atoms with van der Waals surface area (Å²) in [5, 5.41) is 6.18. The van der Waals surface area contributed by atoms with Crippen molar-refractivity contribution in [2.24, 2.45) is 5.92 Å². The van der Waals surface area contributed by atoms with Crippen LogP contribution >= 0.6 is 0 Å². The van der Waals surface area contributed by atoms with E-state index in [1.165, 1.54) is 0 Å². The maximum Gasteiger partial charge on any atom is 0.407 e. The lowest BCUT2D eigenvalue weighted by molar-refractivity contribution is 0.0475. The maximum atomic E-state index is 11.7. The second-order valence-corrected chi connectivity index (χ2v) is 5.72. The van der Waals surface area contributed by atoms with Crippen LogP contribution in [0.25, 0.3) is 0 Å². The second-order valence-electron chi connectivity index (χ2n) is 5.72. The summed E-state index contributed by atoms with van der Waals surface area (Å²) in [6.45, 7) is 11.9. The van der Waals surface area contributed by atoms with E-state index < -0.39 is 5.60 Å². The number of carbonyl (C=O) groups excluding carboxylic acids is 1. The minimum atomic E-state index is -0.451. The fraction of sp³-hybridized carbons (Fsp3) is 0.923. The molecule has 2 N–H and O–H groups in total. The van der Waals surface area contributed by atoms with Gasteiger partial charge in [0.1, 0.15) is 5.60 Å². The number of hydrogen-bond donors (Lipinski definition) is 2. The molecule has 4 heteroatoms. The lowest BCUT2D eigenvalue weighted by atomic mass is 9.95. The van der Waals surface area contributed by atoms with Gasteiger partial charge >= 0.3 is 6.09 Å². The zero-order valence-corrected chi connectivity index (χ0v) is 12.3. The van der Waals surface area contributed by atoms with Crippen molar-refractivity contribution in [2.45, 2.75) is 65.6 Å². The molecule has 17 heavy (non-hydrogen) atoms. The highest BCUT2D eigenvalue weighted by Crippen LogP contribution is 2.12. The zero-order chi connectivity index (χ0) is 13.6. The van der Waals surface area contributed by atoms with Gasteiger partial charge in [0.05, 0.1) is 0 Å². The molecule has 0 unspecified atom stereocenters. The smallest absolute Gasteiger partial charge is 0.407 e. The van der Waals surface area contributed by atoms with Crippen LogP contribution in [0.5, 0.6) is 0 Å². The van der Waals surface area contributed by atoms with Gasteiger partial charge in [0.25, 0.3) is 0 Å². The van der Waals surface area contributed by atoms with Crippen LogP contribution in [-0.2, 0) is 4.74 Å². The van der Waals surface area contributed by atoms with Crippen molar-refractivity contribution < 1.29 is 9.53 Å². The van der Waals surface area contributed by atoms with E-state index in [9.17, 15) is 4.79 Å². The van der Waals surface area contributed by atoms with Crippen molar-refractivity contribution in [3.63, 3.8) is 0 Å².